The number of fused-ring (bicyclic) bond motifs is 3. The van der Waals surface area contributed by atoms with Crippen LogP contribution in [0.1, 0.15) is 50.5 Å². The van der Waals surface area contributed by atoms with Crippen LogP contribution in [0.2, 0.25) is 5.02 Å². The number of thiophene rings is 1. The van der Waals surface area contributed by atoms with Gasteiger partial charge in [-0.3, -0.25) is 9.69 Å². The van der Waals surface area contributed by atoms with Crippen LogP contribution in [0.15, 0.2) is 18.2 Å². The molecule has 0 amide bonds. The van der Waals surface area contributed by atoms with Gasteiger partial charge in [0.15, 0.2) is 5.82 Å². The van der Waals surface area contributed by atoms with E-state index in [1.807, 2.05) is 11.0 Å². The van der Waals surface area contributed by atoms with E-state index in [9.17, 15) is 18.8 Å². The maximum absolute atomic E-state index is 17.0. The zero-order chi connectivity index (χ0) is 33.7. The summed E-state index contributed by atoms with van der Waals surface area (Å²) in [5, 5.41) is 10.5. The normalized spacial score (nSPS) is 23.2. The van der Waals surface area contributed by atoms with Crippen molar-refractivity contribution in [3.8, 4) is 23.2 Å². The second kappa shape index (κ2) is 12.9. The number of ether oxygens (including phenoxy) is 2. The summed E-state index contributed by atoms with van der Waals surface area (Å²) in [7, 11) is 1.38. The van der Waals surface area contributed by atoms with Crippen molar-refractivity contribution >= 4 is 60.7 Å². The van der Waals surface area contributed by atoms with Gasteiger partial charge < -0.3 is 20.1 Å². The highest BCUT2D eigenvalue weighted by molar-refractivity contribution is 7.23. The van der Waals surface area contributed by atoms with E-state index in [1.165, 1.54) is 19.2 Å². The summed E-state index contributed by atoms with van der Waals surface area (Å²) in [6.07, 6.45) is 3.84. The Hall–Kier alpha value is -3.86. The smallest absolute Gasteiger partial charge is 0.319 e. The van der Waals surface area contributed by atoms with Crippen molar-refractivity contribution in [1.82, 2.24) is 14.9 Å². The van der Waals surface area contributed by atoms with Crippen molar-refractivity contribution in [3.63, 3.8) is 0 Å². The van der Waals surface area contributed by atoms with Gasteiger partial charge in [-0.05, 0) is 56.3 Å². The van der Waals surface area contributed by atoms with Crippen molar-refractivity contribution in [2.75, 3.05) is 50.5 Å². The topological polar surface area (TPSA) is 118 Å². The van der Waals surface area contributed by atoms with Crippen LogP contribution in [0, 0.1) is 28.9 Å². The van der Waals surface area contributed by atoms with Crippen LogP contribution in [-0.2, 0) is 9.53 Å². The number of carbonyl (C=O) groups excluding carboxylic acids is 1. The number of alkyl halides is 1. The van der Waals surface area contributed by atoms with E-state index < -0.39 is 23.3 Å². The molecule has 5 heterocycles. The summed E-state index contributed by atoms with van der Waals surface area (Å²) in [6, 6.07) is 6.10. The van der Waals surface area contributed by atoms with Crippen LogP contribution >= 0.6 is 22.9 Å². The van der Waals surface area contributed by atoms with Gasteiger partial charge in [0.1, 0.15) is 41.0 Å². The van der Waals surface area contributed by atoms with Crippen molar-refractivity contribution in [3.05, 3.63) is 40.4 Å². The van der Waals surface area contributed by atoms with Crippen LogP contribution < -0.4 is 15.4 Å². The Labute approximate surface area is 284 Å². The standard InChI is InChI=1S/C34H34ClF3N6O3S/c1-46-32(45)18-5-2-3-10-43(12-8-18)31-21-13-23(35)26(20-6-7-24(37)29-25(20)22(15-39)30(40)48-29)27(38)28(21)41-33(42-31)47-17-34-9-4-11-44(34)16-19(36)14-34/h6-7,13,18-19H,2-5,8-12,14,16-17,40H2,1H3/t18?,19-,34+/m1/s1. The molecule has 0 saturated carbocycles. The molecule has 2 N–H and O–H groups in total. The van der Waals surface area contributed by atoms with E-state index in [1.54, 1.807) is 6.07 Å². The minimum absolute atomic E-state index is 0.0139. The number of carbonyl (C=O) groups is 1. The number of nitrogens with zero attached hydrogens (tertiary/aromatic N) is 5. The quantitative estimate of drug-likeness (QED) is 0.212. The third kappa shape index (κ3) is 5.57. The third-order valence-corrected chi connectivity index (χ3v) is 11.4. The monoisotopic (exact) mass is 698 g/mol. The Balaban J connectivity index is 1.37. The first-order valence-corrected chi connectivity index (χ1v) is 17.3. The number of nitrogens with two attached hydrogens (primary N) is 1. The van der Waals surface area contributed by atoms with E-state index in [0.717, 1.165) is 43.6 Å². The lowest BCUT2D eigenvalue weighted by Crippen LogP contribution is -2.43. The first kappa shape index (κ1) is 32.7. The molecule has 1 unspecified atom stereocenters. The number of nitrogen functional groups attached to an aromatic ring is 1. The number of anilines is 2. The maximum Gasteiger partial charge on any atom is 0.319 e. The molecule has 3 aliphatic rings. The number of hydrogen-bond donors (Lipinski definition) is 1. The van der Waals surface area contributed by atoms with Crippen molar-refractivity contribution < 1.29 is 27.4 Å². The van der Waals surface area contributed by atoms with Gasteiger partial charge in [-0.1, -0.05) is 24.1 Å². The SMILES string of the molecule is COC(=O)C1CCCCN(c2nc(OC[C@@]34CCCN3C[C@H](F)C4)nc3c(F)c(-c4ccc(F)c5sc(N)c(C#N)c45)c(Cl)cc23)CC1. The molecule has 2 aromatic carbocycles. The average Bonchev–Trinajstić information content (AvgIpc) is 3.70. The van der Waals surface area contributed by atoms with Gasteiger partial charge in [0, 0.05) is 42.4 Å². The minimum Gasteiger partial charge on any atom is -0.469 e. The van der Waals surface area contributed by atoms with Gasteiger partial charge in [-0.15, -0.1) is 11.3 Å². The number of methoxy groups -OCH3 is 1. The summed E-state index contributed by atoms with van der Waals surface area (Å²) in [4.78, 5) is 25.9. The Morgan fingerprint density at radius 1 is 1.21 bits per heavy atom. The second-order valence-corrected chi connectivity index (χ2v) is 14.3. The zero-order valence-corrected chi connectivity index (χ0v) is 27.9. The fourth-order valence-corrected chi connectivity index (χ4v) is 8.99. The summed E-state index contributed by atoms with van der Waals surface area (Å²) in [5.74, 6) is -1.55. The highest BCUT2D eigenvalue weighted by Gasteiger charge is 2.49. The van der Waals surface area contributed by atoms with E-state index >= 15 is 4.39 Å². The Kier molecular flexibility index (Phi) is 8.76. The number of rotatable bonds is 6. The number of benzene rings is 2. The molecule has 14 heteroatoms. The largest absolute Gasteiger partial charge is 0.469 e. The molecule has 0 radical (unpaired) electrons. The predicted octanol–water partition coefficient (Wildman–Crippen LogP) is 7.02. The van der Waals surface area contributed by atoms with E-state index in [4.69, 9.17) is 31.8 Å². The molecule has 9 nitrogen and oxygen atoms in total. The van der Waals surface area contributed by atoms with Gasteiger partial charge in [0.2, 0.25) is 0 Å². The molecule has 7 rings (SSSR count). The van der Waals surface area contributed by atoms with Gasteiger partial charge in [-0.2, -0.15) is 15.2 Å². The molecule has 0 spiro atoms. The first-order chi connectivity index (χ1) is 23.1. The lowest BCUT2D eigenvalue weighted by atomic mass is 9.95. The van der Waals surface area contributed by atoms with Crippen LogP contribution in [0.3, 0.4) is 0 Å². The van der Waals surface area contributed by atoms with Crippen molar-refractivity contribution in [2.45, 2.75) is 56.7 Å². The Morgan fingerprint density at radius 3 is 2.83 bits per heavy atom. The number of halogens is 4. The summed E-state index contributed by atoms with van der Waals surface area (Å²) in [6.45, 7) is 2.29. The van der Waals surface area contributed by atoms with Gasteiger partial charge >= 0.3 is 12.0 Å². The first-order valence-electron chi connectivity index (χ1n) is 16.1. The number of esters is 1. The molecule has 2 aromatic heterocycles. The van der Waals surface area contributed by atoms with E-state index in [2.05, 4.69) is 9.88 Å². The predicted molar refractivity (Wildman–Crippen MR) is 179 cm³/mol. The number of aromatic nitrogens is 2. The van der Waals surface area contributed by atoms with Gasteiger partial charge in [0.25, 0.3) is 0 Å². The highest BCUT2D eigenvalue weighted by atomic mass is 35.5. The van der Waals surface area contributed by atoms with Crippen LogP contribution in [0.25, 0.3) is 32.1 Å². The number of nitriles is 1. The Bertz CT molecular complexity index is 1970. The lowest BCUT2D eigenvalue weighted by Gasteiger charge is -2.31. The highest BCUT2D eigenvalue weighted by Crippen LogP contribution is 2.46. The minimum atomic E-state index is -0.954. The van der Waals surface area contributed by atoms with Gasteiger partial charge in [-0.25, -0.2) is 13.2 Å². The molecule has 252 valence electrons. The van der Waals surface area contributed by atoms with Crippen LogP contribution in [-0.4, -0.2) is 72.4 Å². The van der Waals surface area contributed by atoms with Crippen LogP contribution in [0.5, 0.6) is 6.01 Å². The molecule has 48 heavy (non-hydrogen) atoms. The van der Waals surface area contributed by atoms with Crippen molar-refractivity contribution in [2.24, 2.45) is 5.92 Å². The van der Waals surface area contributed by atoms with E-state index in [0.29, 0.717) is 50.1 Å². The Morgan fingerprint density at radius 2 is 2.04 bits per heavy atom. The van der Waals surface area contributed by atoms with Crippen molar-refractivity contribution in [1.29, 1.82) is 5.26 Å². The van der Waals surface area contributed by atoms with Gasteiger partial charge in [0.05, 0.1) is 33.9 Å². The average molecular weight is 699 g/mol. The molecular formula is C34H34ClF3N6O3S. The molecule has 3 aliphatic heterocycles. The molecule has 3 atom stereocenters. The summed E-state index contributed by atoms with van der Waals surface area (Å²) < 4.78 is 57.8. The van der Waals surface area contributed by atoms with E-state index in [-0.39, 0.29) is 66.8 Å². The molecular weight excluding hydrogens is 665 g/mol. The zero-order valence-electron chi connectivity index (χ0n) is 26.3. The molecule has 4 aromatic rings. The molecule has 3 saturated heterocycles. The molecule has 0 aliphatic carbocycles. The fraction of sp³-hybridized carbons (Fsp3) is 0.471. The fourth-order valence-electron chi connectivity index (χ4n) is 7.74. The third-order valence-electron chi connectivity index (χ3n) is 10.1. The maximum atomic E-state index is 17.0. The molecule has 3 fully saturated rings. The number of hydrogen-bond acceptors (Lipinski definition) is 10. The van der Waals surface area contributed by atoms with Crippen LogP contribution in [0.4, 0.5) is 24.0 Å². The summed E-state index contributed by atoms with van der Waals surface area (Å²) in [5.41, 5.74) is 5.69. The molecule has 0 bridgehead atoms. The lowest BCUT2D eigenvalue weighted by molar-refractivity contribution is -0.146. The second-order valence-electron chi connectivity index (χ2n) is 12.9. The summed E-state index contributed by atoms with van der Waals surface area (Å²) >= 11 is 7.76.